The maximum atomic E-state index is 13.5. The van der Waals surface area contributed by atoms with E-state index in [0.29, 0.717) is 24.6 Å². The predicted molar refractivity (Wildman–Crippen MR) is 130 cm³/mol. The van der Waals surface area contributed by atoms with Crippen LogP contribution in [0.4, 0.5) is 5.69 Å². The summed E-state index contributed by atoms with van der Waals surface area (Å²) < 4.78 is 7.53. The van der Waals surface area contributed by atoms with Crippen LogP contribution in [0.2, 0.25) is 0 Å². The lowest BCUT2D eigenvalue weighted by molar-refractivity contribution is -0.121. The van der Waals surface area contributed by atoms with E-state index in [2.05, 4.69) is 10.4 Å². The quantitative estimate of drug-likeness (QED) is 0.394. The third kappa shape index (κ3) is 5.48. The Labute approximate surface area is 194 Å². The van der Waals surface area contributed by atoms with E-state index in [1.165, 1.54) is 0 Å². The first-order valence-corrected chi connectivity index (χ1v) is 11.0. The number of aromatic nitrogens is 2. The molecule has 0 aliphatic heterocycles. The van der Waals surface area contributed by atoms with Gasteiger partial charge >= 0.3 is 0 Å². The molecule has 0 spiro atoms. The Kier molecular flexibility index (Phi) is 7.17. The number of nitrogens with one attached hydrogen (secondary N) is 1. The van der Waals surface area contributed by atoms with Crippen molar-refractivity contribution in [2.75, 3.05) is 19.0 Å². The average molecular weight is 441 g/mol. The topological polar surface area (TPSA) is 59.4 Å². The van der Waals surface area contributed by atoms with Crippen LogP contribution >= 0.6 is 0 Å². The van der Waals surface area contributed by atoms with E-state index in [1.54, 1.807) is 0 Å². The number of hydrogen-bond donors (Lipinski definition) is 1. The van der Waals surface area contributed by atoms with Crippen molar-refractivity contribution in [3.05, 3.63) is 108 Å². The third-order valence-electron chi connectivity index (χ3n) is 5.34. The molecule has 1 aromatic heterocycles. The van der Waals surface area contributed by atoms with Gasteiger partial charge in [0.1, 0.15) is 11.8 Å². The Morgan fingerprint density at radius 2 is 1.67 bits per heavy atom. The highest BCUT2D eigenvalue weighted by Crippen LogP contribution is 2.28. The molecule has 6 heteroatoms. The zero-order chi connectivity index (χ0) is 23.0. The Bertz CT molecular complexity index is 1170. The summed E-state index contributed by atoms with van der Waals surface area (Å²) in [6, 6.07) is 26.8. The van der Waals surface area contributed by atoms with Gasteiger partial charge in [-0.05, 0) is 43.8 Å². The van der Waals surface area contributed by atoms with Crippen molar-refractivity contribution in [2.45, 2.75) is 19.5 Å². The van der Waals surface area contributed by atoms with Crippen molar-refractivity contribution in [2.24, 2.45) is 0 Å². The number of benzene rings is 3. The number of para-hydroxylation sites is 3. The molecule has 0 radical (unpaired) electrons. The van der Waals surface area contributed by atoms with E-state index in [1.807, 2.05) is 121 Å². The molecule has 0 bridgehead atoms. The lowest BCUT2D eigenvalue weighted by Gasteiger charge is -2.27. The fourth-order valence-corrected chi connectivity index (χ4v) is 3.84. The standard InChI is InChI=1S/C27H28N4O2/c1-3-33-25-17-11-10-16-24(25)29-27(32)26(22-12-6-4-7-13-22)30(2)19-21-18-28-31(20-21)23-14-8-5-9-15-23/h4-18,20,26H,3,19H2,1-2H3,(H,29,32). The van der Waals surface area contributed by atoms with Crippen molar-refractivity contribution in [3.63, 3.8) is 0 Å². The average Bonchev–Trinajstić information content (AvgIpc) is 3.30. The van der Waals surface area contributed by atoms with Gasteiger partial charge < -0.3 is 10.1 Å². The summed E-state index contributed by atoms with van der Waals surface area (Å²) >= 11 is 0. The minimum Gasteiger partial charge on any atom is -0.492 e. The molecular weight excluding hydrogens is 412 g/mol. The van der Waals surface area contributed by atoms with Crippen molar-refractivity contribution in [1.29, 1.82) is 0 Å². The van der Waals surface area contributed by atoms with Gasteiger partial charge in [-0.25, -0.2) is 4.68 Å². The molecule has 6 nitrogen and oxygen atoms in total. The van der Waals surface area contributed by atoms with Crippen LogP contribution in [0.3, 0.4) is 0 Å². The van der Waals surface area contributed by atoms with Gasteiger partial charge in [-0.3, -0.25) is 9.69 Å². The Balaban J connectivity index is 1.56. The normalized spacial score (nSPS) is 11.8. The molecule has 0 aliphatic carbocycles. The van der Waals surface area contributed by atoms with Crippen LogP contribution in [-0.4, -0.2) is 34.2 Å². The van der Waals surface area contributed by atoms with E-state index in [0.717, 1.165) is 16.8 Å². The SMILES string of the molecule is CCOc1ccccc1NC(=O)C(c1ccccc1)N(C)Cc1cnn(-c2ccccc2)c1. The lowest BCUT2D eigenvalue weighted by Crippen LogP contribution is -2.34. The van der Waals surface area contributed by atoms with Crippen molar-refractivity contribution >= 4 is 11.6 Å². The molecule has 1 heterocycles. The number of carbonyl (C=O) groups excluding carboxylic acids is 1. The predicted octanol–water partition coefficient (Wildman–Crippen LogP) is 5.08. The molecule has 1 amide bonds. The molecule has 0 aliphatic rings. The fraction of sp³-hybridized carbons (Fsp3) is 0.185. The summed E-state index contributed by atoms with van der Waals surface area (Å²) in [6.45, 7) is 3.02. The van der Waals surface area contributed by atoms with Crippen LogP contribution < -0.4 is 10.1 Å². The van der Waals surface area contributed by atoms with Crippen LogP contribution in [-0.2, 0) is 11.3 Å². The highest BCUT2D eigenvalue weighted by molar-refractivity contribution is 5.96. The Hall–Kier alpha value is -3.90. The van der Waals surface area contributed by atoms with Gasteiger partial charge in [0.05, 0.1) is 24.2 Å². The number of amides is 1. The fourth-order valence-electron chi connectivity index (χ4n) is 3.84. The molecule has 1 N–H and O–H groups in total. The van der Waals surface area contributed by atoms with E-state index in [9.17, 15) is 4.79 Å². The number of anilines is 1. The summed E-state index contributed by atoms with van der Waals surface area (Å²) in [5.41, 5.74) is 3.60. The molecule has 1 unspecified atom stereocenters. The van der Waals surface area contributed by atoms with Crippen LogP contribution in [0.25, 0.3) is 5.69 Å². The number of likely N-dealkylation sites (N-methyl/N-ethyl adjacent to an activating group) is 1. The molecule has 1 atom stereocenters. The monoisotopic (exact) mass is 440 g/mol. The van der Waals surface area contributed by atoms with Gasteiger partial charge in [-0.2, -0.15) is 5.10 Å². The van der Waals surface area contributed by atoms with Gasteiger partial charge in [-0.1, -0.05) is 60.7 Å². The van der Waals surface area contributed by atoms with Gasteiger partial charge in [0.25, 0.3) is 0 Å². The molecule has 0 saturated heterocycles. The second-order valence-electron chi connectivity index (χ2n) is 7.78. The molecule has 0 saturated carbocycles. The first kappa shape index (κ1) is 22.3. The molecule has 33 heavy (non-hydrogen) atoms. The Morgan fingerprint density at radius 1 is 1.00 bits per heavy atom. The molecule has 4 aromatic rings. The number of nitrogens with zero attached hydrogens (tertiary/aromatic N) is 3. The van der Waals surface area contributed by atoms with Gasteiger partial charge in [-0.15, -0.1) is 0 Å². The van der Waals surface area contributed by atoms with Crippen molar-refractivity contribution < 1.29 is 9.53 Å². The first-order valence-electron chi connectivity index (χ1n) is 11.0. The molecule has 168 valence electrons. The first-order chi connectivity index (χ1) is 16.2. The van der Waals surface area contributed by atoms with E-state index in [-0.39, 0.29) is 5.91 Å². The van der Waals surface area contributed by atoms with Crippen LogP contribution in [0.1, 0.15) is 24.1 Å². The minimum absolute atomic E-state index is 0.119. The van der Waals surface area contributed by atoms with Crippen molar-refractivity contribution in [1.82, 2.24) is 14.7 Å². The Morgan fingerprint density at radius 3 is 2.39 bits per heavy atom. The van der Waals surface area contributed by atoms with Gasteiger partial charge in [0.15, 0.2) is 0 Å². The molecule has 4 rings (SSSR count). The zero-order valence-electron chi connectivity index (χ0n) is 18.9. The minimum atomic E-state index is -0.485. The third-order valence-corrected chi connectivity index (χ3v) is 5.34. The molecule has 3 aromatic carbocycles. The summed E-state index contributed by atoms with van der Waals surface area (Å²) in [5.74, 6) is 0.540. The van der Waals surface area contributed by atoms with Crippen LogP contribution in [0.5, 0.6) is 5.75 Å². The van der Waals surface area contributed by atoms with Gasteiger partial charge in [0.2, 0.25) is 5.91 Å². The second kappa shape index (κ2) is 10.6. The molecular formula is C27H28N4O2. The summed E-state index contributed by atoms with van der Waals surface area (Å²) in [4.78, 5) is 15.5. The van der Waals surface area contributed by atoms with E-state index in [4.69, 9.17) is 4.74 Å². The number of rotatable bonds is 9. The number of carbonyl (C=O) groups is 1. The van der Waals surface area contributed by atoms with E-state index >= 15 is 0 Å². The smallest absolute Gasteiger partial charge is 0.246 e. The highest BCUT2D eigenvalue weighted by atomic mass is 16.5. The summed E-state index contributed by atoms with van der Waals surface area (Å²) in [7, 11) is 1.95. The number of hydrogen-bond acceptors (Lipinski definition) is 4. The second-order valence-corrected chi connectivity index (χ2v) is 7.78. The highest BCUT2D eigenvalue weighted by Gasteiger charge is 2.26. The van der Waals surface area contributed by atoms with Crippen LogP contribution in [0, 0.1) is 0 Å². The van der Waals surface area contributed by atoms with Crippen LogP contribution in [0.15, 0.2) is 97.3 Å². The maximum Gasteiger partial charge on any atom is 0.246 e. The van der Waals surface area contributed by atoms with Crippen molar-refractivity contribution in [3.8, 4) is 11.4 Å². The van der Waals surface area contributed by atoms with Gasteiger partial charge in [0, 0.05) is 18.3 Å². The summed E-state index contributed by atoms with van der Waals surface area (Å²) in [5, 5.41) is 7.55. The zero-order valence-corrected chi connectivity index (χ0v) is 18.9. The largest absolute Gasteiger partial charge is 0.492 e. The van der Waals surface area contributed by atoms with E-state index < -0.39 is 6.04 Å². The number of ether oxygens (including phenoxy) is 1. The lowest BCUT2D eigenvalue weighted by atomic mass is 10.0. The summed E-state index contributed by atoms with van der Waals surface area (Å²) in [6.07, 6.45) is 3.84. The molecule has 0 fully saturated rings. The maximum absolute atomic E-state index is 13.5.